The van der Waals surface area contributed by atoms with E-state index in [9.17, 15) is 14.9 Å². The molecule has 1 aliphatic carbocycles. The molecular formula is C16H18N2O3. The van der Waals surface area contributed by atoms with Gasteiger partial charge in [-0.2, -0.15) is 5.26 Å². The normalized spacial score (nSPS) is 23.6. The standard InChI is InChI=1S/C16H18N2O3/c1-3-21-14(19)12-4-6-13(7-5-12)18-15(20)16(10-17)8-11(2)9-16/h4-7,11H,3,8-9H2,1-2H3,(H,18,20). The third kappa shape index (κ3) is 3.05. The highest BCUT2D eigenvalue weighted by Gasteiger charge is 2.48. The van der Waals surface area contributed by atoms with Crippen LogP contribution in [0.15, 0.2) is 24.3 Å². The largest absolute Gasteiger partial charge is 0.462 e. The maximum atomic E-state index is 12.2. The monoisotopic (exact) mass is 286 g/mol. The highest BCUT2D eigenvalue weighted by molar-refractivity contribution is 5.98. The quantitative estimate of drug-likeness (QED) is 0.863. The number of nitrogens with one attached hydrogen (secondary N) is 1. The Balaban J connectivity index is 2.02. The molecule has 0 atom stereocenters. The number of benzene rings is 1. The van der Waals surface area contributed by atoms with Crippen molar-refractivity contribution >= 4 is 17.6 Å². The van der Waals surface area contributed by atoms with Gasteiger partial charge in [0.25, 0.3) is 0 Å². The van der Waals surface area contributed by atoms with Gasteiger partial charge in [-0.1, -0.05) is 6.92 Å². The number of esters is 1. The van der Waals surface area contributed by atoms with Crippen LogP contribution < -0.4 is 5.32 Å². The van der Waals surface area contributed by atoms with Gasteiger partial charge in [-0.15, -0.1) is 0 Å². The van der Waals surface area contributed by atoms with Crippen LogP contribution in [0.5, 0.6) is 0 Å². The van der Waals surface area contributed by atoms with Crippen molar-refractivity contribution in [3.63, 3.8) is 0 Å². The zero-order valence-electron chi connectivity index (χ0n) is 12.2. The molecule has 0 spiro atoms. The molecule has 5 heteroatoms. The average Bonchev–Trinajstić information content (AvgIpc) is 2.44. The van der Waals surface area contributed by atoms with Gasteiger partial charge < -0.3 is 10.1 Å². The summed E-state index contributed by atoms with van der Waals surface area (Å²) in [4.78, 5) is 23.7. The molecule has 0 heterocycles. The van der Waals surface area contributed by atoms with Crippen molar-refractivity contribution < 1.29 is 14.3 Å². The highest BCUT2D eigenvalue weighted by Crippen LogP contribution is 2.45. The van der Waals surface area contributed by atoms with Gasteiger partial charge in [0.2, 0.25) is 5.91 Å². The Bertz CT molecular complexity index is 581. The Morgan fingerprint density at radius 1 is 1.38 bits per heavy atom. The highest BCUT2D eigenvalue weighted by atomic mass is 16.5. The van der Waals surface area contributed by atoms with Gasteiger partial charge in [-0.25, -0.2) is 4.79 Å². The van der Waals surface area contributed by atoms with Crippen LogP contribution in [0.2, 0.25) is 0 Å². The topological polar surface area (TPSA) is 79.2 Å². The zero-order valence-corrected chi connectivity index (χ0v) is 12.2. The SMILES string of the molecule is CCOC(=O)c1ccc(NC(=O)C2(C#N)CC(C)C2)cc1. The van der Waals surface area contributed by atoms with E-state index < -0.39 is 11.4 Å². The first kappa shape index (κ1) is 15.0. The predicted octanol–water partition coefficient (Wildman–Crippen LogP) is 2.74. The number of rotatable bonds is 4. The summed E-state index contributed by atoms with van der Waals surface area (Å²) in [6.45, 7) is 4.09. The summed E-state index contributed by atoms with van der Waals surface area (Å²) in [6.07, 6.45) is 1.19. The lowest BCUT2D eigenvalue weighted by Crippen LogP contribution is -2.45. The average molecular weight is 286 g/mol. The summed E-state index contributed by atoms with van der Waals surface area (Å²) in [5.41, 5.74) is 0.100. The van der Waals surface area contributed by atoms with Crippen LogP contribution in [0.25, 0.3) is 0 Å². The minimum absolute atomic E-state index is 0.271. The van der Waals surface area contributed by atoms with Gasteiger partial charge >= 0.3 is 5.97 Å². The van der Waals surface area contributed by atoms with Crippen molar-refractivity contribution in [1.29, 1.82) is 5.26 Å². The molecule has 0 aliphatic heterocycles. The van der Waals surface area contributed by atoms with E-state index in [0.717, 1.165) is 0 Å². The van der Waals surface area contributed by atoms with E-state index in [2.05, 4.69) is 11.4 Å². The van der Waals surface area contributed by atoms with Gasteiger partial charge in [-0.05, 0) is 49.9 Å². The lowest BCUT2D eigenvalue weighted by atomic mass is 9.63. The van der Waals surface area contributed by atoms with Gasteiger partial charge in [0.15, 0.2) is 0 Å². The molecule has 0 unspecified atom stereocenters. The zero-order chi connectivity index (χ0) is 15.5. The first-order chi connectivity index (χ1) is 10.0. The van der Waals surface area contributed by atoms with Crippen molar-refractivity contribution in [3.8, 4) is 6.07 Å². The molecule has 0 aromatic heterocycles. The molecule has 1 aliphatic rings. The lowest BCUT2D eigenvalue weighted by molar-refractivity contribution is -0.128. The summed E-state index contributed by atoms with van der Waals surface area (Å²) in [5, 5.41) is 11.9. The van der Waals surface area contributed by atoms with E-state index in [1.807, 2.05) is 6.92 Å². The number of nitriles is 1. The fourth-order valence-electron chi connectivity index (χ4n) is 2.61. The smallest absolute Gasteiger partial charge is 0.338 e. The fourth-order valence-corrected chi connectivity index (χ4v) is 2.61. The van der Waals surface area contributed by atoms with Crippen LogP contribution in [0.1, 0.15) is 37.0 Å². The molecule has 2 rings (SSSR count). The van der Waals surface area contributed by atoms with Crippen molar-refractivity contribution in [1.82, 2.24) is 0 Å². The summed E-state index contributed by atoms with van der Waals surface area (Å²) in [6, 6.07) is 8.58. The number of carbonyl (C=O) groups is 2. The van der Waals surface area contributed by atoms with E-state index in [0.29, 0.717) is 36.6 Å². The number of anilines is 1. The summed E-state index contributed by atoms with van der Waals surface area (Å²) < 4.78 is 4.89. The maximum Gasteiger partial charge on any atom is 0.338 e. The number of carbonyl (C=O) groups excluding carboxylic acids is 2. The van der Waals surface area contributed by atoms with Crippen LogP contribution in [0.4, 0.5) is 5.69 Å². The van der Waals surface area contributed by atoms with Gasteiger partial charge in [0.1, 0.15) is 5.41 Å². The third-order valence-electron chi connectivity index (χ3n) is 3.70. The molecule has 1 saturated carbocycles. The second kappa shape index (κ2) is 5.96. The number of hydrogen-bond acceptors (Lipinski definition) is 4. The van der Waals surface area contributed by atoms with Gasteiger partial charge in [-0.3, -0.25) is 4.79 Å². The molecule has 0 saturated heterocycles. The van der Waals surface area contributed by atoms with Crippen molar-refractivity contribution in [3.05, 3.63) is 29.8 Å². The van der Waals surface area contributed by atoms with Crippen molar-refractivity contribution in [2.45, 2.75) is 26.7 Å². The molecule has 0 radical (unpaired) electrons. The van der Waals surface area contributed by atoms with E-state index in [4.69, 9.17) is 4.74 Å². The fraction of sp³-hybridized carbons (Fsp3) is 0.438. The number of nitrogens with zero attached hydrogens (tertiary/aromatic N) is 1. The second-order valence-electron chi connectivity index (χ2n) is 5.46. The van der Waals surface area contributed by atoms with Crippen LogP contribution in [0, 0.1) is 22.7 Å². The van der Waals surface area contributed by atoms with E-state index in [-0.39, 0.29) is 5.91 Å². The first-order valence-electron chi connectivity index (χ1n) is 7.00. The molecule has 0 bridgehead atoms. The van der Waals surface area contributed by atoms with Crippen molar-refractivity contribution in [2.75, 3.05) is 11.9 Å². The Morgan fingerprint density at radius 3 is 2.48 bits per heavy atom. The van der Waals surface area contributed by atoms with Crippen LogP contribution in [0.3, 0.4) is 0 Å². The van der Waals surface area contributed by atoms with Crippen LogP contribution in [-0.4, -0.2) is 18.5 Å². The van der Waals surface area contributed by atoms with E-state index in [1.165, 1.54) is 0 Å². The lowest BCUT2D eigenvalue weighted by Gasteiger charge is -2.39. The summed E-state index contributed by atoms with van der Waals surface area (Å²) >= 11 is 0. The Hall–Kier alpha value is -2.35. The van der Waals surface area contributed by atoms with Crippen molar-refractivity contribution in [2.24, 2.45) is 11.3 Å². The van der Waals surface area contributed by atoms with E-state index >= 15 is 0 Å². The summed E-state index contributed by atoms with van der Waals surface area (Å²) in [7, 11) is 0. The molecule has 5 nitrogen and oxygen atoms in total. The molecule has 1 aromatic rings. The number of ether oxygens (including phenoxy) is 1. The van der Waals surface area contributed by atoms with Gasteiger partial charge in [0, 0.05) is 5.69 Å². The first-order valence-corrected chi connectivity index (χ1v) is 7.00. The second-order valence-corrected chi connectivity index (χ2v) is 5.46. The van der Waals surface area contributed by atoms with Crippen LogP contribution in [-0.2, 0) is 9.53 Å². The summed E-state index contributed by atoms with van der Waals surface area (Å²) in [5.74, 6) is -0.259. The maximum absolute atomic E-state index is 12.2. The molecule has 1 aromatic carbocycles. The molecule has 1 amide bonds. The molecular weight excluding hydrogens is 268 g/mol. The Labute approximate surface area is 123 Å². The van der Waals surface area contributed by atoms with Gasteiger partial charge in [0.05, 0.1) is 18.2 Å². The Morgan fingerprint density at radius 2 is 2.00 bits per heavy atom. The minimum atomic E-state index is -0.904. The molecule has 1 N–H and O–H groups in total. The predicted molar refractivity (Wildman–Crippen MR) is 77.5 cm³/mol. The number of amides is 1. The molecule has 1 fully saturated rings. The molecule has 110 valence electrons. The Kier molecular flexibility index (Phi) is 4.27. The molecule has 21 heavy (non-hydrogen) atoms. The van der Waals surface area contributed by atoms with E-state index in [1.54, 1.807) is 31.2 Å². The van der Waals surface area contributed by atoms with Crippen LogP contribution >= 0.6 is 0 Å². The third-order valence-corrected chi connectivity index (χ3v) is 3.70. The number of hydrogen-bond donors (Lipinski definition) is 1. The minimum Gasteiger partial charge on any atom is -0.462 e.